The number of rotatable bonds is 11. The molecule has 0 spiro atoms. The average Bonchev–Trinajstić information content (AvgIpc) is 2.23. The van der Waals surface area contributed by atoms with Crippen LogP contribution in [0, 0.1) is 0 Å². The molecule has 0 aliphatic carbocycles. The molecule has 0 aromatic rings. The highest BCUT2D eigenvalue weighted by Crippen LogP contribution is 2.14. The molecule has 1 heteroatoms. The van der Waals surface area contributed by atoms with Gasteiger partial charge in [-0.25, -0.2) is 0 Å². The molecule has 1 unspecified atom stereocenters. The van der Waals surface area contributed by atoms with Crippen LogP contribution < -0.4 is 5.32 Å². The lowest BCUT2D eigenvalue weighted by molar-refractivity contribution is 0.339. The highest BCUT2D eigenvalue weighted by molar-refractivity contribution is 4.76. The van der Waals surface area contributed by atoms with E-state index >= 15 is 0 Å². The van der Waals surface area contributed by atoms with Crippen LogP contribution in [0.15, 0.2) is 0 Å². The van der Waals surface area contributed by atoms with E-state index in [1.54, 1.807) is 0 Å². The normalized spacial score (nSPS) is 19.7. The SMILES string of the molecule is CCCCCCCCCCCCC1CCN1. The average molecular weight is 225 g/mol. The maximum absolute atomic E-state index is 3.48. The van der Waals surface area contributed by atoms with Crippen molar-refractivity contribution in [1.82, 2.24) is 5.32 Å². The minimum Gasteiger partial charge on any atom is -0.314 e. The number of hydrogen-bond acceptors (Lipinski definition) is 1. The maximum Gasteiger partial charge on any atom is 0.00791 e. The second-order valence-corrected chi connectivity index (χ2v) is 5.41. The molecule has 1 aliphatic rings. The first-order valence-electron chi connectivity index (χ1n) is 7.67. The first-order chi connectivity index (χ1) is 7.93. The van der Waals surface area contributed by atoms with Gasteiger partial charge in [0.1, 0.15) is 0 Å². The Kier molecular flexibility index (Phi) is 8.88. The van der Waals surface area contributed by atoms with Gasteiger partial charge in [-0.05, 0) is 19.4 Å². The summed E-state index contributed by atoms with van der Waals surface area (Å²) in [6.45, 7) is 3.55. The zero-order valence-corrected chi connectivity index (χ0v) is 11.3. The maximum atomic E-state index is 3.48. The monoisotopic (exact) mass is 225 g/mol. The number of nitrogens with one attached hydrogen (secondary N) is 1. The van der Waals surface area contributed by atoms with Crippen LogP contribution in [0.5, 0.6) is 0 Å². The Balaban J connectivity index is 1.65. The van der Waals surface area contributed by atoms with Gasteiger partial charge < -0.3 is 5.32 Å². The van der Waals surface area contributed by atoms with E-state index in [-0.39, 0.29) is 0 Å². The second kappa shape index (κ2) is 10.1. The molecular weight excluding hydrogens is 194 g/mol. The predicted molar refractivity (Wildman–Crippen MR) is 72.9 cm³/mol. The Bertz CT molecular complexity index is 140. The number of hydrogen-bond donors (Lipinski definition) is 1. The van der Waals surface area contributed by atoms with Crippen LogP contribution in [0.2, 0.25) is 0 Å². The predicted octanol–water partition coefficient (Wildman–Crippen LogP) is 4.66. The summed E-state index contributed by atoms with van der Waals surface area (Å²) >= 11 is 0. The van der Waals surface area contributed by atoms with Crippen molar-refractivity contribution in [3.05, 3.63) is 0 Å². The lowest BCUT2D eigenvalue weighted by Gasteiger charge is -2.27. The molecule has 1 fully saturated rings. The van der Waals surface area contributed by atoms with E-state index in [0.29, 0.717) is 0 Å². The fourth-order valence-corrected chi connectivity index (χ4v) is 2.47. The molecule has 0 amide bonds. The minimum absolute atomic E-state index is 0.883. The molecule has 96 valence electrons. The summed E-state index contributed by atoms with van der Waals surface area (Å²) in [5.41, 5.74) is 0. The van der Waals surface area contributed by atoms with Crippen molar-refractivity contribution in [1.29, 1.82) is 0 Å². The highest BCUT2D eigenvalue weighted by Gasteiger charge is 2.14. The Morgan fingerprint density at radius 2 is 1.31 bits per heavy atom. The van der Waals surface area contributed by atoms with E-state index < -0.39 is 0 Å². The Morgan fingerprint density at radius 1 is 0.812 bits per heavy atom. The Hall–Kier alpha value is -0.0400. The van der Waals surface area contributed by atoms with Gasteiger partial charge >= 0.3 is 0 Å². The molecule has 1 nitrogen and oxygen atoms in total. The number of unbranched alkanes of at least 4 members (excludes halogenated alkanes) is 9. The molecule has 1 atom stereocenters. The molecule has 0 aromatic carbocycles. The van der Waals surface area contributed by atoms with Gasteiger partial charge in [0.15, 0.2) is 0 Å². The van der Waals surface area contributed by atoms with Gasteiger partial charge in [-0.1, -0.05) is 71.1 Å². The fourth-order valence-electron chi connectivity index (χ4n) is 2.47. The van der Waals surface area contributed by atoms with E-state index in [1.807, 2.05) is 0 Å². The molecule has 1 rings (SSSR count). The van der Waals surface area contributed by atoms with Crippen molar-refractivity contribution in [2.75, 3.05) is 6.54 Å². The summed E-state index contributed by atoms with van der Waals surface area (Å²) in [7, 11) is 0. The molecule has 1 saturated heterocycles. The third-order valence-corrected chi connectivity index (χ3v) is 3.83. The lowest BCUT2D eigenvalue weighted by Crippen LogP contribution is -2.42. The summed E-state index contributed by atoms with van der Waals surface area (Å²) in [4.78, 5) is 0. The second-order valence-electron chi connectivity index (χ2n) is 5.41. The van der Waals surface area contributed by atoms with Crippen LogP contribution >= 0.6 is 0 Å². The first kappa shape index (κ1) is 14.0. The quantitative estimate of drug-likeness (QED) is 0.504. The molecule has 0 saturated carbocycles. The highest BCUT2D eigenvalue weighted by atomic mass is 15.0. The fraction of sp³-hybridized carbons (Fsp3) is 1.00. The van der Waals surface area contributed by atoms with Crippen LogP contribution in [0.1, 0.15) is 84.0 Å². The molecular formula is C15H31N. The largest absolute Gasteiger partial charge is 0.314 e. The van der Waals surface area contributed by atoms with Crippen molar-refractivity contribution in [2.24, 2.45) is 0 Å². The van der Waals surface area contributed by atoms with Gasteiger partial charge in [0.25, 0.3) is 0 Å². The van der Waals surface area contributed by atoms with Crippen LogP contribution in [0.3, 0.4) is 0 Å². The smallest absolute Gasteiger partial charge is 0.00791 e. The molecule has 1 heterocycles. The van der Waals surface area contributed by atoms with Gasteiger partial charge in [0.2, 0.25) is 0 Å². The molecule has 0 radical (unpaired) electrons. The van der Waals surface area contributed by atoms with E-state index in [0.717, 1.165) is 6.04 Å². The van der Waals surface area contributed by atoms with Crippen LogP contribution in [0.25, 0.3) is 0 Å². The van der Waals surface area contributed by atoms with E-state index in [1.165, 1.54) is 83.6 Å². The van der Waals surface area contributed by atoms with Crippen molar-refractivity contribution in [3.63, 3.8) is 0 Å². The summed E-state index contributed by atoms with van der Waals surface area (Å²) in [5, 5.41) is 3.48. The zero-order valence-electron chi connectivity index (χ0n) is 11.3. The third-order valence-electron chi connectivity index (χ3n) is 3.83. The summed E-state index contributed by atoms with van der Waals surface area (Å²) in [5.74, 6) is 0. The summed E-state index contributed by atoms with van der Waals surface area (Å²) in [6, 6.07) is 0.883. The first-order valence-corrected chi connectivity index (χ1v) is 7.67. The molecule has 1 N–H and O–H groups in total. The zero-order chi connectivity index (χ0) is 11.5. The van der Waals surface area contributed by atoms with Gasteiger partial charge in [0.05, 0.1) is 0 Å². The molecule has 1 aliphatic heterocycles. The van der Waals surface area contributed by atoms with Gasteiger partial charge in [-0.3, -0.25) is 0 Å². The minimum atomic E-state index is 0.883. The molecule has 16 heavy (non-hydrogen) atoms. The molecule has 0 bridgehead atoms. The van der Waals surface area contributed by atoms with Gasteiger partial charge in [-0.2, -0.15) is 0 Å². The van der Waals surface area contributed by atoms with E-state index in [9.17, 15) is 0 Å². The van der Waals surface area contributed by atoms with Crippen molar-refractivity contribution < 1.29 is 0 Å². The van der Waals surface area contributed by atoms with Crippen LogP contribution in [-0.2, 0) is 0 Å². The Labute approximate surface area is 102 Å². The van der Waals surface area contributed by atoms with Gasteiger partial charge in [0, 0.05) is 6.04 Å². The standard InChI is InChI=1S/C15H31N/c1-2-3-4-5-6-7-8-9-10-11-12-15-13-14-16-15/h15-16H,2-14H2,1H3. The van der Waals surface area contributed by atoms with Crippen molar-refractivity contribution in [2.45, 2.75) is 90.0 Å². The van der Waals surface area contributed by atoms with E-state index in [4.69, 9.17) is 0 Å². The van der Waals surface area contributed by atoms with Crippen molar-refractivity contribution >= 4 is 0 Å². The summed E-state index contributed by atoms with van der Waals surface area (Å²) < 4.78 is 0. The van der Waals surface area contributed by atoms with Crippen LogP contribution in [0.4, 0.5) is 0 Å². The lowest BCUT2D eigenvalue weighted by atomic mass is 9.99. The van der Waals surface area contributed by atoms with Crippen molar-refractivity contribution in [3.8, 4) is 0 Å². The third kappa shape index (κ3) is 7.27. The summed E-state index contributed by atoms with van der Waals surface area (Å²) in [6.07, 6.45) is 17.4. The molecule has 0 aromatic heterocycles. The van der Waals surface area contributed by atoms with E-state index in [2.05, 4.69) is 12.2 Å². The van der Waals surface area contributed by atoms with Crippen LogP contribution in [-0.4, -0.2) is 12.6 Å². The van der Waals surface area contributed by atoms with Gasteiger partial charge in [-0.15, -0.1) is 0 Å². The Morgan fingerprint density at radius 3 is 1.75 bits per heavy atom. The topological polar surface area (TPSA) is 12.0 Å².